The summed E-state index contributed by atoms with van der Waals surface area (Å²) in [5.74, 6) is 7.07. The van der Waals surface area contributed by atoms with Gasteiger partial charge in [-0.3, -0.25) is 0 Å². The van der Waals surface area contributed by atoms with E-state index in [1.807, 2.05) is 141 Å². The van der Waals surface area contributed by atoms with Crippen molar-refractivity contribution in [2.45, 2.75) is 19.3 Å². The van der Waals surface area contributed by atoms with Gasteiger partial charge in [0.1, 0.15) is 0 Å². The first kappa shape index (κ1) is 50.9. The average Bonchev–Trinajstić information content (AvgIpc) is 4.09. The summed E-state index contributed by atoms with van der Waals surface area (Å²) in [4.78, 5) is 0. The van der Waals surface area contributed by atoms with Crippen LogP contribution >= 0.6 is 282 Å². The minimum atomic E-state index is 1.18. The summed E-state index contributed by atoms with van der Waals surface area (Å²) in [5, 5.41) is 0. The topological polar surface area (TPSA) is 0 Å². The van der Waals surface area contributed by atoms with Crippen molar-refractivity contribution in [2.24, 2.45) is 0 Å². The molecule has 0 saturated heterocycles. The smallest absolute Gasteiger partial charge is 0.0717 e. The molecule has 7 aliphatic heterocycles. The molecular weight excluding hydrogens is 1170 g/mol. The van der Waals surface area contributed by atoms with Gasteiger partial charge in [0.15, 0.2) is 0 Å². The van der Waals surface area contributed by atoms with E-state index >= 15 is 0 Å². The van der Waals surface area contributed by atoms with Gasteiger partial charge in [0.25, 0.3) is 0 Å². The maximum atomic E-state index is 2.22. The molecule has 7 aliphatic rings. The monoisotopic (exact) mass is 1200 g/mol. The molecule has 0 atom stereocenters. The Morgan fingerprint density at radius 3 is 0.544 bits per heavy atom. The Morgan fingerprint density at radius 2 is 0.386 bits per heavy atom. The lowest BCUT2D eigenvalue weighted by Gasteiger charge is -2.07. The minimum absolute atomic E-state index is 1.18. The van der Waals surface area contributed by atoms with E-state index in [4.69, 9.17) is 0 Å². The van der Waals surface area contributed by atoms with E-state index in [1.165, 1.54) is 105 Å². The van der Waals surface area contributed by atoms with Gasteiger partial charge in [-0.1, -0.05) is 141 Å². The van der Waals surface area contributed by atoms with Crippen molar-refractivity contribution < 1.29 is 0 Å². The first-order valence-corrected chi connectivity index (χ1v) is 39.8. The Bertz CT molecular complexity index is 1520. The largest absolute Gasteiger partial charge is 0.121 e. The molecule has 0 spiro atoms. The predicted molar refractivity (Wildman–Crippen MR) is 324 cm³/mol. The second kappa shape index (κ2) is 26.7. The van der Waals surface area contributed by atoms with Crippen molar-refractivity contribution in [1.29, 1.82) is 0 Å². The Balaban J connectivity index is 1.06. The molecule has 24 heteroatoms. The Hall–Kier alpha value is 6.06. The van der Waals surface area contributed by atoms with Crippen LogP contribution in [0.15, 0.2) is 76.3 Å². The lowest BCUT2D eigenvalue weighted by Crippen LogP contribution is -1.86. The van der Waals surface area contributed by atoms with Gasteiger partial charge in [-0.25, -0.2) is 0 Å². The van der Waals surface area contributed by atoms with E-state index in [1.54, 1.807) is 25.4 Å². The van der Waals surface area contributed by atoms with Crippen molar-refractivity contribution >= 4 is 282 Å². The van der Waals surface area contributed by atoms with Gasteiger partial charge in [0.2, 0.25) is 0 Å². The van der Waals surface area contributed by atoms with Crippen LogP contribution in [-0.4, -0.2) is 72.1 Å². The number of rotatable bonds is 6. The first-order valence-electron chi connectivity index (χ1n) is 16.8. The van der Waals surface area contributed by atoms with Gasteiger partial charge in [-0.2, -0.15) is 0 Å². The Morgan fingerprint density at radius 1 is 0.228 bits per heavy atom. The van der Waals surface area contributed by atoms with Gasteiger partial charge >= 0.3 is 0 Å². The second-order valence-corrected chi connectivity index (χ2v) is 39.2. The molecule has 0 N–H and O–H groups in total. The van der Waals surface area contributed by atoms with Crippen molar-refractivity contribution in [1.82, 2.24) is 0 Å². The van der Waals surface area contributed by atoms with Crippen LogP contribution in [0, 0.1) is 0 Å². The molecule has 0 aromatic rings. The third-order valence-electron chi connectivity index (χ3n) is 7.10. The third-order valence-corrected chi connectivity index (χ3v) is 41.4. The van der Waals surface area contributed by atoms with Gasteiger partial charge in [-0.05, 0) is 91.3 Å². The Labute approximate surface area is 442 Å². The highest BCUT2D eigenvalue weighted by molar-refractivity contribution is 8.47. The van der Waals surface area contributed by atoms with E-state index < -0.39 is 0 Å². The summed E-state index contributed by atoms with van der Waals surface area (Å²) in [6, 6.07) is 0. The highest BCUT2D eigenvalue weighted by atomic mass is 32.3. The molecule has 0 bridgehead atoms. The minimum Gasteiger partial charge on any atom is -0.121 e. The van der Waals surface area contributed by atoms with Crippen LogP contribution < -0.4 is 0 Å². The van der Waals surface area contributed by atoms with Crippen LogP contribution in [0.5, 0.6) is 0 Å². The first-order chi connectivity index (χ1) is 27.9. The van der Waals surface area contributed by atoms with E-state index in [2.05, 4.69) is 179 Å². The molecule has 0 amide bonds. The molecule has 0 unspecified atom stereocenters. The van der Waals surface area contributed by atoms with Gasteiger partial charge < -0.3 is 0 Å². The van der Waals surface area contributed by atoms with Gasteiger partial charge in [0, 0.05) is 0 Å². The van der Waals surface area contributed by atoms with Crippen molar-refractivity contribution in [3.63, 3.8) is 0 Å². The molecule has 0 radical (unpaired) electrons. The third kappa shape index (κ3) is 14.1. The number of thioether (sulfide) groups is 24. The lowest BCUT2D eigenvalue weighted by atomic mass is 10.6. The van der Waals surface area contributed by atoms with Crippen LogP contribution in [0.1, 0.15) is 19.3 Å². The van der Waals surface area contributed by atoms with Crippen LogP contribution in [0.3, 0.4) is 0 Å². The van der Waals surface area contributed by atoms with Gasteiger partial charge in [-0.15, -0.1) is 141 Å². The maximum absolute atomic E-state index is 2.22. The van der Waals surface area contributed by atoms with E-state index in [0.29, 0.717) is 0 Å². The van der Waals surface area contributed by atoms with E-state index in [9.17, 15) is 0 Å². The Kier molecular flexibility index (Phi) is 23.9. The zero-order valence-corrected chi connectivity index (χ0v) is 50.8. The molecule has 0 saturated carbocycles. The molecule has 0 nitrogen and oxygen atoms in total. The van der Waals surface area contributed by atoms with E-state index in [0.717, 1.165) is 0 Å². The summed E-state index contributed by atoms with van der Waals surface area (Å²) < 4.78 is 27.0. The lowest BCUT2D eigenvalue weighted by molar-refractivity contribution is 1.13. The molecule has 7 heterocycles. The fraction of sp³-hybridized carbons (Fsp3) is 0.455. The number of hydrogen-bond donors (Lipinski definition) is 0. The molecular formula is C33H36S24. The molecule has 0 aromatic heterocycles. The van der Waals surface area contributed by atoms with Crippen LogP contribution in [0.4, 0.5) is 0 Å². The zero-order chi connectivity index (χ0) is 39.7. The molecule has 7 rings (SSSR count). The zero-order valence-electron chi connectivity index (χ0n) is 31.2. The van der Waals surface area contributed by atoms with Crippen molar-refractivity contribution in [3.8, 4) is 0 Å². The van der Waals surface area contributed by atoms with Crippen LogP contribution in [-0.2, 0) is 0 Å². The average molecular weight is 1200 g/mol. The van der Waals surface area contributed by atoms with Crippen LogP contribution in [0.2, 0.25) is 0 Å². The number of hydrogen-bond acceptors (Lipinski definition) is 24. The SMILES string of the molecule is CSC1=C(SC)SC(=C2SC3=C(SCCCSC4=C(SCCCSC5=C(SCCCS3)SC(=C3SC(SC)=C(SC)S3)S5)SC(=C3SC(SC)=C(SC)S3)S4)S2)S1. The summed E-state index contributed by atoms with van der Waals surface area (Å²) >= 11 is 48.4. The van der Waals surface area contributed by atoms with Crippen molar-refractivity contribution in [2.75, 3.05) is 72.1 Å². The summed E-state index contributed by atoms with van der Waals surface area (Å²) in [5.41, 5.74) is 0. The van der Waals surface area contributed by atoms with Crippen LogP contribution in [0.25, 0.3) is 0 Å². The fourth-order valence-electron chi connectivity index (χ4n) is 4.58. The molecule has 312 valence electrons. The molecule has 0 aromatic carbocycles. The molecule has 57 heavy (non-hydrogen) atoms. The summed E-state index contributed by atoms with van der Waals surface area (Å²) in [6.07, 6.45) is 17.0. The highest BCUT2D eigenvalue weighted by Gasteiger charge is 2.33. The maximum Gasteiger partial charge on any atom is 0.0717 e. The summed E-state index contributed by atoms with van der Waals surface area (Å²) in [7, 11) is 0. The van der Waals surface area contributed by atoms with Gasteiger partial charge in [0.05, 0.1) is 76.3 Å². The normalized spacial score (nSPS) is 24.3. The molecule has 0 fully saturated rings. The summed E-state index contributed by atoms with van der Waals surface area (Å²) in [6.45, 7) is 0. The quantitative estimate of drug-likeness (QED) is 0.248. The molecule has 0 aliphatic carbocycles. The predicted octanol–water partition coefficient (Wildman–Crippen LogP) is 20.8. The van der Waals surface area contributed by atoms with Crippen molar-refractivity contribution in [3.05, 3.63) is 76.3 Å². The second-order valence-electron chi connectivity index (χ2n) is 10.8. The standard InChI is InChI=1S/C33H36S24/c1-34-16-17(35-2)47-28(46-16)31-52-22-23(53-31)41-11-8-13-43-25-27(57-33(55-25)30-50-20(38-5)21(39-6)51-30)45-15-9-14-44-26-24(42-12-7-10-40-22)54-32(56-26)29-48-18(36-3)19(37-4)49-29/h7-15H2,1-6H3. The van der Waals surface area contributed by atoms with E-state index in [-0.39, 0.29) is 0 Å². The fourth-order valence-corrected chi connectivity index (χ4v) is 38.6. The highest BCUT2D eigenvalue weighted by Crippen LogP contribution is 2.69.